The fraction of sp³-hybridized carbons (Fsp3) is 0.133. The van der Waals surface area contributed by atoms with Gasteiger partial charge in [0.1, 0.15) is 16.4 Å². The molecule has 26 heavy (non-hydrogen) atoms. The Bertz CT molecular complexity index is 871. The van der Waals surface area contributed by atoms with Gasteiger partial charge in [0.15, 0.2) is 0 Å². The van der Waals surface area contributed by atoms with Crippen LogP contribution in [0.15, 0.2) is 51.8 Å². The second-order valence-electron chi connectivity index (χ2n) is 4.86. The van der Waals surface area contributed by atoms with Crippen LogP contribution >= 0.6 is 15.9 Å². The Morgan fingerprint density at radius 2 is 1.81 bits per heavy atom. The number of esters is 1. The van der Waals surface area contributed by atoms with Crippen LogP contribution in [0.1, 0.15) is 5.56 Å². The summed E-state index contributed by atoms with van der Waals surface area (Å²) < 4.78 is 55.9. The Balaban J connectivity index is 2.19. The van der Waals surface area contributed by atoms with E-state index in [2.05, 4.69) is 15.9 Å². The summed E-state index contributed by atoms with van der Waals surface area (Å²) in [6, 6.07) is 7.70. The summed E-state index contributed by atoms with van der Waals surface area (Å²) in [5.74, 6) is -1.53. The maximum atomic E-state index is 12.7. The first kappa shape index (κ1) is 20.0. The molecule has 11 heteroatoms. The minimum atomic E-state index is -4.79. The first-order valence-electron chi connectivity index (χ1n) is 6.78. The summed E-state index contributed by atoms with van der Waals surface area (Å²) in [7, 11) is -2.25. The van der Waals surface area contributed by atoms with Gasteiger partial charge < -0.3 is 4.74 Å². The molecule has 6 nitrogen and oxygen atoms in total. The number of nitro benzene ring substituents is 1. The van der Waals surface area contributed by atoms with Crippen molar-refractivity contribution in [1.29, 1.82) is 0 Å². The number of alkyl halides is 3. The molecular weight excluding hydrogens is 443 g/mol. The lowest BCUT2D eigenvalue weighted by Gasteiger charge is -2.09. The van der Waals surface area contributed by atoms with Crippen LogP contribution in [0, 0.1) is 10.1 Å². The third kappa shape index (κ3) is 5.11. The van der Waals surface area contributed by atoms with Crippen molar-refractivity contribution in [3.8, 4) is 5.75 Å². The van der Waals surface area contributed by atoms with E-state index in [0.717, 1.165) is 10.5 Å². The van der Waals surface area contributed by atoms with Crippen LogP contribution < -0.4 is 4.74 Å². The number of carbonyl (C=O) groups excluding carboxylic acids is 1. The smallest absolute Gasteiger partial charge is 0.416 e. The molecule has 0 saturated heterocycles. The molecule has 2 rings (SSSR count). The first-order valence-corrected chi connectivity index (χ1v) is 8.89. The van der Waals surface area contributed by atoms with Gasteiger partial charge in [-0.05, 0) is 36.4 Å². The highest BCUT2D eigenvalue weighted by molar-refractivity contribution is 9.10. The van der Waals surface area contributed by atoms with E-state index in [0.29, 0.717) is 6.07 Å². The van der Waals surface area contributed by atoms with Crippen molar-refractivity contribution < 1.29 is 31.8 Å². The Hall–Kier alpha value is -2.27. The summed E-state index contributed by atoms with van der Waals surface area (Å²) in [5, 5.41) is 11.0. The van der Waals surface area contributed by atoms with Gasteiger partial charge in [-0.15, -0.1) is 0 Å². The molecule has 0 aliphatic carbocycles. The fourth-order valence-electron chi connectivity index (χ4n) is 1.88. The lowest BCUT2D eigenvalue weighted by molar-refractivity contribution is -0.388. The minimum absolute atomic E-state index is 0.164. The number of halogens is 4. The van der Waals surface area contributed by atoms with E-state index in [9.17, 15) is 32.3 Å². The highest BCUT2D eigenvalue weighted by Crippen LogP contribution is 2.34. The highest BCUT2D eigenvalue weighted by atomic mass is 79.9. The average molecular weight is 452 g/mol. The predicted octanol–water partition coefficient (Wildman–Crippen LogP) is 4.09. The summed E-state index contributed by atoms with van der Waals surface area (Å²) >= 11 is 3.19. The van der Waals surface area contributed by atoms with Crippen LogP contribution in [-0.4, -0.2) is 20.9 Å². The summed E-state index contributed by atoms with van der Waals surface area (Å²) in [4.78, 5) is 21.2. The van der Waals surface area contributed by atoms with Gasteiger partial charge in [0.05, 0.1) is 21.3 Å². The van der Waals surface area contributed by atoms with Crippen LogP contribution in [0.5, 0.6) is 5.75 Å². The van der Waals surface area contributed by atoms with Crippen LogP contribution in [-0.2, 0) is 21.8 Å². The van der Waals surface area contributed by atoms with Gasteiger partial charge >= 0.3 is 12.1 Å². The molecule has 0 radical (unpaired) electrons. The Labute approximate surface area is 155 Å². The van der Waals surface area contributed by atoms with E-state index < -0.39 is 49.8 Å². The van der Waals surface area contributed by atoms with Crippen molar-refractivity contribution >= 4 is 38.4 Å². The molecule has 138 valence electrons. The molecular formula is C15H9BrF3NO5S. The van der Waals surface area contributed by atoms with E-state index in [1.54, 1.807) is 12.1 Å². The Kier molecular flexibility index (Phi) is 6.13. The minimum Gasteiger partial charge on any atom is -0.426 e. The van der Waals surface area contributed by atoms with E-state index in [-0.39, 0.29) is 11.8 Å². The van der Waals surface area contributed by atoms with Crippen molar-refractivity contribution in [3.05, 3.63) is 62.6 Å². The second kappa shape index (κ2) is 7.96. The van der Waals surface area contributed by atoms with Crippen molar-refractivity contribution in [2.45, 2.75) is 11.1 Å². The first-order chi connectivity index (χ1) is 12.1. The molecule has 0 aliphatic rings. The molecule has 2 aromatic carbocycles. The molecule has 0 N–H and O–H groups in total. The predicted molar refractivity (Wildman–Crippen MR) is 89.2 cm³/mol. The van der Waals surface area contributed by atoms with Gasteiger partial charge in [-0.2, -0.15) is 13.2 Å². The van der Waals surface area contributed by atoms with Gasteiger partial charge in [-0.3, -0.25) is 19.1 Å². The zero-order chi connectivity index (χ0) is 19.5. The Morgan fingerprint density at radius 3 is 2.35 bits per heavy atom. The largest absolute Gasteiger partial charge is 0.426 e. The van der Waals surface area contributed by atoms with Gasteiger partial charge in [0, 0.05) is 10.5 Å². The number of benzene rings is 2. The molecule has 0 heterocycles. The third-order valence-corrected chi connectivity index (χ3v) is 4.88. The molecule has 0 spiro atoms. The number of hydrogen-bond acceptors (Lipinski definition) is 5. The zero-order valence-corrected chi connectivity index (χ0v) is 15.1. The zero-order valence-electron chi connectivity index (χ0n) is 12.7. The third-order valence-electron chi connectivity index (χ3n) is 3.02. The molecule has 0 saturated carbocycles. The van der Waals surface area contributed by atoms with Crippen molar-refractivity contribution in [2.24, 2.45) is 0 Å². The molecule has 1 unspecified atom stereocenters. The number of nitrogens with zero attached hydrogens (tertiary/aromatic N) is 1. The van der Waals surface area contributed by atoms with Gasteiger partial charge in [0.25, 0.3) is 5.69 Å². The molecule has 0 aliphatic heterocycles. The van der Waals surface area contributed by atoms with Gasteiger partial charge in [-0.25, -0.2) is 0 Å². The van der Waals surface area contributed by atoms with Crippen LogP contribution in [0.3, 0.4) is 0 Å². The summed E-state index contributed by atoms with van der Waals surface area (Å²) in [6.07, 6.45) is -4.79. The SMILES string of the molecule is O=C(CS(=O)c1ccc(C(F)(F)F)cc1[N+](=O)[O-])Oc1ccc(Br)cc1. The number of hydrogen-bond donors (Lipinski definition) is 0. The lowest BCUT2D eigenvalue weighted by atomic mass is 10.2. The van der Waals surface area contributed by atoms with Crippen molar-refractivity contribution in [3.63, 3.8) is 0 Å². The highest BCUT2D eigenvalue weighted by Gasteiger charge is 2.34. The maximum absolute atomic E-state index is 12.7. The van der Waals surface area contributed by atoms with E-state index in [4.69, 9.17) is 4.74 Å². The maximum Gasteiger partial charge on any atom is 0.416 e. The van der Waals surface area contributed by atoms with Gasteiger partial charge in [-0.1, -0.05) is 15.9 Å². The number of carbonyl (C=O) groups is 1. The van der Waals surface area contributed by atoms with Crippen molar-refractivity contribution in [1.82, 2.24) is 0 Å². The van der Waals surface area contributed by atoms with Crippen LogP contribution in [0.2, 0.25) is 0 Å². The van der Waals surface area contributed by atoms with E-state index >= 15 is 0 Å². The average Bonchev–Trinajstić information content (AvgIpc) is 2.55. The van der Waals surface area contributed by atoms with Gasteiger partial charge in [0.2, 0.25) is 0 Å². The number of nitro groups is 1. The molecule has 0 amide bonds. The van der Waals surface area contributed by atoms with Crippen LogP contribution in [0.4, 0.5) is 18.9 Å². The fourth-order valence-corrected chi connectivity index (χ4v) is 3.16. The lowest BCUT2D eigenvalue weighted by Crippen LogP contribution is -2.18. The quantitative estimate of drug-likeness (QED) is 0.295. The normalized spacial score (nSPS) is 12.5. The van der Waals surface area contributed by atoms with E-state index in [1.165, 1.54) is 12.1 Å². The second-order valence-corrected chi connectivity index (χ2v) is 7.19. The summed E-state index contributed by atoms with van der Waals surface area (Å²) in [6.45, 7) is 0. The monoisotopic (exact) mass is 451 g/mol. The summed E-state index contributed by atoms with van der Waals surface area (Å²) in [5.41, 5.74) is -2.23. The molecule has 1 atom stereocenters. The van der Waals surface area contributed by atoms with Crippen LogP contribution in [0.25, 0.3) is 0 Å². The molecule has 2 aromatic rings. The topological polar surface area (TPSA) is 86.5 Å². The number of rotatable bonds is 5. The molecule has 0 bridgehead atoms. The number of ether oxygens (including phenoxy) is 1. The molecule has 0 fully saturated rings. The van der Waals surface area contributed by atoms with E-state index in [1.807, 2.05) is 0 Å². The standard InChI is InChI=1S/C15H9BrF3NO5S/c16-10-2-4-11(5-3-10)25-14(21)8-26(24)13-6-1-9(15(17,18)19)7-12(13)20(22)23/h1-7H,8H2. The van der Waals surface area contributed by atoms with Crippen molar-refractivity contribution in [2.75, 3.05) is 5.75 Å². The Morgan fingerprint density at radius 1 is 1.19 bits per heavy atom. The molecule has 0 aromatic heterocycles.